The van der Waals surface area contributed by atoms with Crippen LogP contribution in [0.25, 0.3) is 0 Å². The number of amidine groups is 2. The van der Waals surface area contributed by atoms with Crippen molar-refractivity contribution in [2.75, 3.05) is 5.32 Å². The Balaban J connectivity index is 2.94. The van der Waals surface area contributed by atoms with Gasteiger partial charge in [0.15, 0.2) is 5.17 Å². The third-order valence-corrected chi connectivity index (χ3v) is 2.19. The van der Waals surface area contributed by atoms with Crippen LogP contribution in [-0.4, -0.2) is 22.8 Å². The van der Waals surface area contributed by atoms with Crippen molar-refractivity contribution in [2.24, 2.45) is 4.99 Å². The molecule has 0 aliphatic carbocycles. The zero-order valence-electron chi connectivity index (χ0n) is 10.5. The van der Waals surface area contributed by atoms with Crippen LogP contribution < -0.4 is 10.6 Å². The maximum Gasteiger partial charge on any atom is 0.259 e. The molecule has 0 atom stereocenters. The Hall–Kier alpha value is -2.15. The van der Waals surface area contributed by atoms with Gasteiger partial charge in [-0.1, -0.05) is 12.1 Å². The summed E-state index contributed by atoms with van der Waals surface area (Å²) in [4.78, 5) is 26.7. The van der Waals surface area contributed by atoms with Gasteiger partial charge >= 0.3 is 0 Å². The summed E-state index contributed by atoms with van der Waals surface area (Å²) < 4.78 is 0. The predicted octanol–water partition coefficient (Wildman–Crippen LogP) is 1.66. The molecular weight excluding hydrogens is 264 g/mol. The highest BCUT2D eigenvalue weighted by molar-refractivity contribution is 7.97. The van der Waals surface area contributed by atoms with E-state index in [-0.39, 0.29) is 16.9 Å². The maximum absolute atomic E-state index is 12.0. The van der Waals surface area contributed by atoms with Gasteiger partial charge in [-0.15, -0.1) is 12.6 Å². The summed E-state index contributed by atoms with van der Waals surface area (Å²) >= 11 is 3.95. The highest BCUT2D eigenvalue weighted by Crippen LogP contribution is 2.14. The fraction of sp³-hybridized carbons (Fsp3) is 0.167. The molecule has 6 nitrogen and oxygen atoms in total. The van der Waals surface area contributed by atoms with Gasteiger partial charge in [0, 0.05) is 6.92 Å². The van der Waals surface area contributed by atoms with Crippen molar-refractivity contribution < 1.29 is 9.59 Å². The van der Waals surface area contributed by atoms with Crippen LogP contribution in [0, 0.1) is 5.41 Å². The van der Waals surface area contributed by atoms with E-state index in [9.17, 15) is 9.59 Å². The van der Waals surface area contributed by atoms with E-state index in [1.807, 2.05) is 0 Å². The van der Waals surface area contributed by atoms with Gasteiger partial charge in [0.05, 0.1) is 11.3 Å². The molecule has 7 heteroatoms. The number of thiol groups is 1. The Morgan fingerprint density at radius 2 is 1.89 bits per heavy atom. The van der Waals surface area contributed by atoms with Gasteiger partial charge in [-0.2, -0.15) is 0 Å². The van der Waals surface area contributed by atoms with Crippen LogP contribution in [0.15, 0.2) is 29.3 Å². The number of aliphatic imine (C=N–C) groups is 1. The quantitative estimate of drug-likeness (QED) is 0.376. The number of hydrogen-bond acceptors (Lipinski definition) is 3. The summed E-state index contributed by atoms with van der Waals surface area (Å²) in [6, 6.07) is 6.57. The van der Waals surface area contributed by atoms with Gasteiger partial charge in [0.25, 0.3) is 5.91 Å². The molecule has 100 valence electrons. The summed E-state index contributed by atoms with van der Waals surface area (Å²) in [5.41, 5.74) is 0.697. The molecule has 0 aliphatic rings. The Bertz CT molecular complexity index is 554. The van der Waals surface area contributed by atoms with Crippen LogP contribution in [0.5, 0.6) is 0 Å². The van der Waals surface area contributed by atoms with Gasteiger partial charge < -0.3 is 10.6 Å². The Morgan fingerprint density at radius 1 is 1.26 bits per heavy atom. The number of carbonyl (C=O) groups is 2. The summed E-state index contributed by atoms with van der Waals surface area (Å²) in [7, 11) is 0. The molecular formula is C12H14N4O2S. The number of nitrogens with zero attached hydrogens (tertiary/aromatic N) is 1. The van der Waals surface area contributed by atoms with Crippen LogP contribution in [-0.2, 0) is 4.79 Å². The normalized spacial score (nSPS) is 10.8. The average molecular weight is 278 g/mol. The number of amides is 2. The van der Waals surface area contributed by atoms with E-state index in [1.54, 1.807) is 24.3 Å². The standard InChI is InChI=1S/C12H14N4O2S/c1-7(13)14-12(19)16-11(18)9-5-3-4-6-10(9)15-8(2)17/h3-6H,1-2H3,(H,15,17)(H3,13,14,16,18,19). The molecule has 0 unspecified atom stereocenters. The first-order chi connectivity index (χ1) is 8.90. The summed E-state index contributed by atoms with van der Waals surface area (Å²) in [6.07, 6.45) is 0. The predicted molar refractivity (Wildman–Crippen MR) is 78.0 cm³/mol. The Morgan fingerprint density at radius 3 is 2.47 bits per heavy atom. The molecule has 1 aromatic rings. The molecule has 0 radical (unpaired) electrons. The molecule has 0 bridgehead atoms. The van der Waals surface area contributed by atoms with Crippen molar-refractivity contribution in [1.82, 2.24) is 5.32 Å². The third-order valence-electron chi connectivity index (χ3n) is 1.98. The van der Waals surface area contributed by atoms with Crippen molar-refractivity contribution in [3.8, 4) is 0 Å². The summed E-state index contributed by atoms with van der Waals surface area (Å²) in [6.45, 7) is 2.83. The van der Waals surface area contributed by atoms with Crippen molar-refractivity contribution in [2.45, 2.75) is 13.8 Å². The van der Waals surface area contributed by atoms with Gasteiger partial charge in [-0.05, 0) is 19.1 Å². The first kappa shape index (κ1) is 14.9. The molecule has 0 aromatic heterocycles. The van der Waals surface area contributed by atoms with Crippen LogP contribution in [0.4, 0.5) is 5.69 Å². The van der Waals surface area contributed by atoms with Crippen LogP contribution in [0.2, 0.25) is 0 Å². The zero-order chi connectivity index (χ0) is 14.4. The highest BCUT2D eigenvalue weighted by atomic mass is 32.1. The number of hydrogen-bond donors (Lipinski definition) is 4. The van der Waals surface area contributed by atoms with E-state index in [0.717, 1.165) is 0 Å². The van der Waals surface area contributed by atoms with Crippen LogP contribution in [0.3, 0.4) is 0 Å². The highest BCUT2D eigenvalue weighted by Gasteiger charge is 2.12. The minimum Gasteiger partial charge on any atom is -0.326 e. The largest absolute Gasteiger partial charge is 0.326 e. The molecule has 19 heavy (non-hydrogen) atoms. The SMILES string of the molecule is CC(=N)/N=C(\S)NC(=O)c1ccccc1NC(C)=O. The second-order valence-corrected chi connectivity index (χ2v) is 4.13. The third kappa shape index (κ3) is 4.92. The molecule has 1 rings (SSSR count). The van der Waals surface area contributed by atoms with Gasteiger partial charge in [-0.3, -0.25) is 15.0 Å². The van der Waals surface area contributed by atoms with Crippen molar-refractivity contribution in [3.05, 3.63) is 29.8 Å². The maximum atomic E-state index is 12.0. The lowest BCUT2D eigenvalue weighted by molar-refractivity contribution is -0.114. The number of para-hydroxylation sites is 1. The first-order valence-corrected chi connectivity index (χ1v) is 5.85. The van der Waals surface area contributed by atoms with E-state index in [0.29, 0.717) is 11.3 Å². The van der Waals surface area contributed by atoms with Crippen molar-refractivity contribution >= 4 is 41.1 Å². The minimum atomic E-state index is -0.459. The fourth-order valence-corrected chi connectivity index (χ4v) is 1.59. The molecule has 0 aliphatic heterocycles. The fourth-order valence-electron chi connectivity index (χ4n) is 1.34. The van der Waals surface area contributed by atoms with E-state index in [2.05, 4.69) is 28.3 Å². The first-order valence-electron chi connectivity index (χ1n) is 5.41. The molecule has 0 heterocycles. The minimum absolute atomic E-state index is 0.0233. The van der Waals surface area contributed by atoms with E-state index >= 15 is 0 Å². The van der Waals surface area contributed by atoms with E-state index in [4.69, 9.17) is 5.41 Å². The topological polar surface area (TPSA) is 94.4 Å². The van der Waals surface area contributed by atoms with Crippen molar-refractivity contribution in [3.63, 3.8) is 0 Å². The van der Waals surface area contributed by atoms with Crippen LogP contribution in [0.1, 0.15) is 24.2 Å². The van der Waals surface area contributed by atoms with Gasteiger partial charge in [-0.25, -0.2) is 4.99 Å². The Kier molecular flexibility index (Phi) is 5.25. The lowest BCUT2D eigenvalue weighted by Gasteiger charge is -2.09. The second kappa shape index (κ2) is 6.69. The number of rotatable bonds is 2. The summed E-state index contributed by atoms with van der Waals surface area (Å²) in [5, 5.41) is 12.2. The summed E-state index contributed by atoms with van der Waals surface area (Å²) in [5.74, 6) is -0.699. The zero-order valence-corrected chi connectivity index (χ0v) is 11.4. The van der Waals surface area contributed by atoms with Crippen molar-refractivity contribution in [1.29, 1.82) is 5.41 Å². The molecule has 1 aromatic carbocycles. The lowest BCUT2D eigenvalue weighted by atomic mass is 10.1. The number of benzene rings is 1. The molecule has 0 fully saturated rings. The van der Waals surface area contributed by atoms with Gasteiger partial charge in [0.1, 0.15) is 5.84 Å². The van der Waals surface area contributed by atoms with E-state index in [1.165, 1.54) is 13.8 Å². The molecule has 3 N–H and O–H groups in total. The molecule has 0 saturated carbocycles. The number of nitrogens with one attached hydrogen (secondary N) is 3. The van der Waals surface area contributed by atoms with Gasteiger partial charge in [0.2, 0.25) is 5.91 Å². The number of anilines is 1. The molecule has 0 spiro atoms. The lowest BCUT2D eigenvalue weighted by Crippen LogP contribution is -2.28. The van der Waals surface area contributed by atoms with Crippen LogP contribution >= 0.6 is 12.6 Å². The monoisotopic (exact) mass is 278 g/mol. The second-order valence-electron chi connectivity index (χ2n) is 3.70. The molecule has 0 saturated heterocycles. The molecule has 2 amide bonds. The number of carbonyl (C=O) groups excluding carboxylic acids is 2. The Labute approximate surface area is 116 Å². The average Bonchev–Trinajstić information content (AvgIpc) is 2.27. The van der Waals surface area contributed by atoms with E-state index < -0.39 is 5.91 Å². The smallest absolute Gasteiger partial charge is 0.259 e.